The van der Waals surface area contributed by atoms with Gasteiger partial charge in [-0.3, -0.25) is 0 Å². The zero-order chi connectivity index (χ0) is 14.3. The van der Waals surface area contributed by atoms with E-state index < -0.39 is 0 Å². The molecule has 1 aromatic carbocycles. The molecule has 19 heavy (non-hydrogen) atoms. The average Bonchev–Trinajstić information content (AvgIpc) is 2.43. The summed E-state index contributed by atoms with van der Waals surface area (Å²) in [6, 6.07) is 5.23. The summed E-state index contributed by atoms with van der Waals surface area (Å²) in [5.74, 6) is 0.320. The van der Waals surface area contributed by atoms with Gasteiger partial charge in [-0.15, -0.1) is 0 Å². The average molecular weight is 286 g/mol. The smallest absolute Gasteiger partial charge is 0.142 e. The van der Waals surface area contributed by atoms with Crippen LogP contribution in [0.15, 0.2) is 18.2 Å². The minimum Gasteiger partial charge on any atom is -0.310 e. The summed E-state index contributed by atoms with van der Waals surface area (Å²) in [6.45, 7) is 7.47. The molecular formula is C16H25ClFN. The Bertz CT molecular complexity index is 377. The molecule has 3 heteroatoms. The Hall–Kier alpha value is -0.600. The fourth-order valence-electron chi connectivity index (χ4n) is 2.38. The molecule has 1 atom stereocenters. The molecule has 0 amide bonds. The van der Waals surface area contributed by atoms with Crippen LogP contribution in [0.4, 0.5) is 4.39 Å². The van der Waals surface area contributed by atoms with E-state index in [1.807, 2.05) is 6.07 Å². The van der Waals surface area contributed by atoms with Crippen molar-refractivity contribution in [2.75, 3.05) is 6.54 Å². The van der Waals surface area contributed by atoms with Crippen LogP contribution in [0.1, 0.15) is 58.1 Å². The molecule has 1 aromatic rings. The maximum atomic E-state index is 13.6. The first-order chi connectivity index (χ1) is 9.13. The van der Waals surface area contributed by atoms with Gasteiger partial charge in [0.15, 0.2) is 0 Å². The fourth-order valence-corrected chi connectivity index (χ4v) is 2.64. The molecule has 0 aliphatic rings. The third kappa shape index (κ3) is 4.77. The van der Waals surface area contributed by atoms with Crippen LogP contribution in [-0.4, -0.2) is 6.54 Å². The lowest BCUT2D eigenvalue weighted by atomic mass is 9.91. The largest absolute Gasteiger partial charge is 0.310 e. The molecule has 0 aliphatic heterocycles. The van der Waals surface area contributed by atoms with Crippen molar-refractivity contribution >= 4 is 11.6 Å². The standard InChI is InChI=1S/C16H25ClFN/c1-4-10-19-15(11-12(5-2)6-3)13-8-7-9-14(18)16(13)17/h7-9,12,15,19H,4-6,10-11H2,1-3H3. The van der Waals surface area contributed by atoms with E-state index in [2.05, 4.69) is 26.1 Å². The Morgan fingerprint density at radius 3 is 2.47 bits per heavy atom. The van der Waals surface area contributed by atoms with Gasteiger partial charge in [0, 0.05) is 6.04 Å². The summed E-state index contributed by atoms with van der Waals surface area (Å²) in [6.07, 6.45) is 4.37. The van der Waals surface area contributed by atoms with Crippen molar-refractivity contribution in [2.45, 2.75) is 52.5 Å². The van der Waals surface area contributed by atoms with E-state index in [9.17, 15) is 4.39 Å². The Morgan fingerprint density at radius 1 is 1.21 bits per heavy atom. The van der Waals surface area contributed by atoms with Crippen molar-refractivity contribution < 1.29 is 4.39 Å². The van der Waals surface area contributed by atoms with Crippen LogP contribution < -0.4 is 5.32 Å². The van der Waals surface area contributed by atoms with Crippen LogP contribution >= 0.6 is 11.6 Å². The number of nitrogens with one attached hydrogen (secondary N) is 1. The maximum Gasteiger partial charge on any atom is 0.142 e. The Kier molecular flexibility index (Phi) is 7.40. The molecule has 0 fully saturated rings. The van der Waals surface area contributed by atoms with E-state index in [0.29, 0.717) is 5.92 Å². The lowest BCUT2D eigenvalue weighted by Gasteiger charge is -2.24. The van der Waals surface area contributed by atoms with Crippen molar-refractivity contribution in [3.05, 3.63) is 34.6 Å². The van der Waals surface area contributed by atoms with Crippen molar-refractivity contribution in [1.82, 2.24) is 5.32 Å². The summed E-state index contributed by atoms with van der Waals surface area (Å²) in [5.41, 5.74) is 0.891. The highest BCUT2D eigenvalue weighted by molar-refractivity contribution is 6.31. The molecule has 0 radical (unpaired) electrons. The van der Waals surface area contributed by atoms with Crippen LogP contribution in [0, 0.1) is 11.7 Å². The monoisotopic (exact) mass is 285 g/mol. The highest BCUT2D eigenvalue weighted by Gasteiger charge is 2.19. The van der Waals surface area contributed by atoms with Gasteiger partial charge in [-0.25, -0.2) is 4.39 Å². The van der Waals surface area contributed by atoms with Gasteiger partial charge in [0.05, 0.1) is 5.02 Å². The van der Waals surface area contributed by atoms with E-state index in [0.717, 1.165) is 37.8 Å². The van der Waals surface area contributed by atoms with Crippen LogP contribution in [-0.2, 0) is 0 Å². The van der Waals surface area contributed by atoms with Gasteiger partial charge in [-0.2, -0.15) is 0 Å². The fraction of sp³-hybridized carbons (Fsp3) is 0.625. The van der Waals surface area contributed by atoms with Crippen molar-refractivity contribution in [2.24, 2.45) is 5.92 Å². The molecule has 1 rings (SSSR count). The summed E-state index contributed by atoms with van der Waals surface area (Å²) in [7, 11) is 0. The Balaban J connectivity index is 2.91. The van der Waals surface area contributed by atoms with Gasteiger partial charge >= 0.3 is 0 Å². The second kappa shape index (κ2) is 8.55. The van der Waals surface area contributed by atoms with E-state index >= 15 is 0 Å². The number of halogens is 2. The van der Waals surface area contributed by atoms with Crippen molar-refractivity contribution in [3.63, 3.8) is 0 Å². The van der Waals surface area contributed by atoms with Gasteiger partial charge in [0.2, 0.25) is 0 Å². The number of rotatable bonds is 8. The summed E-state index contributed by atoms with van der Waals surface area (Å²) >= 11 is 6.12. The Labute approximate surface area is 121 Å². The predicted octanol–water partition coefficient (Wildman–Crippen LogP) is 5.35. The molecular weight excluding hydrogens is 261 g/mol. The van der Waals surface area contributed by atoms with Gasteiger partial charge < -0.3 is 5.32 Å². The van der Waals surface area contributed by atoms with Gasteiger partial charge in [-0.1, -0.05) is 57.3 Å². The lowest BCUT2D eigenvalue weighted by Crippen LogP contribution is -2.25. The third-order valence-electron chi connectivity index (χ3n) is 3.72. The molecule has 1 N–H and O–H groups in total. The van der Waals surface area contributed by atoms with Crippen LogP contribution in [0.2, 0.25) is 5.02 Å². The van der Waals surface area contributed by atoms with Crippen molar-refractivity contribution in [1.29, 1.82) is 0 Å². The first-order valence-electron chi connectivity index (χ1n) is 7.31. The highest BCUT2D eigenvalue weighted by Crippen LogP contribution is 2.31. The minimum absolute atomic E-state index is 0.146. The lowest BCUT2D eigenvalue weighted by molar-refractivity contribution is 0.370. The molecule has 0 heterocycles. The second-order valence-corrected chi connectivity index (χ2v) is 5.45. The van der Waals surface area contributed by atoms with E-state index in [1.54, 1.807) is 6.07 Å². The quantitative estimate of drug-likeness (QED) is 0.679. The first-order valence-corrected chi connectivity index (χ1v) is 7.69. The van der Waals surface area contributed by atoms with E-state index in [-0.39, 0.29) is 16.9 Å². The molecule has 0 aliphatic carbocycles. The molecule has 108 valence electrons. The topological polar surface area (TPSA) is 12.0 Å². The molecule has 0 aromatic heterocycles. The third-order valence-corrected chi connectivity index (χ3v) is 4.12. The summed E-state index contributed by atoms with van der Waals surface area (Å²) < 4.78 is 13.6. The molecule has 0 saturated heterocycles. The number of hydrogen-bond acceptors (Lipinski definition) is 1. The SMILES string of the molecule is CCCNC(CC(CC)CC)c1cccc(F)c1Cl. The molecule has 0 saturated carbocycles. The highest BCUT2D eigenvalue weighted by atomic mass is 35.5. The van der Waals surface area contributed by atoms with E-state index in [4.69, 9.17) is 11.6 Å². The van der Waals surface area contributed by atoms with Crippen molar-refractivity contribution in [3.8, 4) is 0 Å². The molecule has 0 spiro atoms. The molecule has 0 bridgehead atoms. The first kappa shape index (κ1) is 16.5. The number of benzene rings is 1. The normalized spacial score (nSPS) is 12.9. The van der Waals surface area contributed by atoms with Gasteiger partial charge in [-0.05, 0) is 36.9 Å². The summed E-state index contributed by atoms with van der Waals surface area (Å²) in [4.78, 5) is 0. The Morgan fingerprint density at radius 2 is 1.89 bits per heavy atom. The second-order valence-electron chi connectivity index (χ2n) is 5.07. The van der Waals surface area contributed by atoms with Gasteiger partial charge in [0.1, 0.15) is 5.82 Å². The van der Waals surface area contributed by atoms with Crippen LogP contribution in [0.25, 0.3) is 0 Å². The maximum absolute atomic E-state index is 13.6. The minimum atomic E-state index is -0.327. The number of hydrogen-bond donors (Lipinski definition) is 1. The predicted molar refractivity (Wildman–Crippen MR) is 81.1 cm³/mol. The van der Waals surface area contributed by atoms with Crippen LogP contribution in [0.5, 0.6) is 0 Å². The molecule has 1 nitrogen and oxygen atoms in total. The van der Waals surface area contributed by atoms with E-state index in [1.165, 1.54) is 6.07 Å². The molecule has 1 unspecified atom stereocenters. The van der Waals surface area contributed by atoms with Gasteiger partial charge in [0.25, 0.3) is 0 Å². The zero-order valence-corrected chi connectivity index (χ0v) is 12.9. The summed E-state index contributed by atoms with van der Waals surface area (Å²) in [5, 5.41) is 3.77. The van der Waals surface area contributed by atoms with Crippen LogP contribution in [0.3, 0.4) is 0 Å². The zero-order valence-electron chi connectivity index (χ0n) is 12.2.